The summed E-state index contributed by atoms with van der Waals surface area (Å²) in [6, 6.07) is 6.62. The topological polar surface area (TPSA) is 42.2 Å². The van der Waals surface area contributed by atoms with Gasteiger partial charge in [-0.05, 0) is 44.2 Å². The summed E-state index contributed by atoms with van der Waals surface area (Å²) in [6.07, 6.45) is 3.65. The van der Waals surface area contributed by atoms with Gasteiger partial charge in [0.05, 0.1) is 6.54 Å². The van der Waals surface area contributed by atoms with Crippen molar-refractivity contribution in [3.8, 4) is 0 Å². The molecule has 2 aromatic rings. The Bertz CT molecular complexity index is 675. The van der Waals surface area contributed by atoms with Crippen molar-refractivity contribution in [1.82, 2.24) is 9.97 Å². The molecule has 0 saturated heterocycles. The first-order valence-corrected chi connectivity index (χ1v) is 8.34. The molecule has 0 unspecified atom stereocenters. The van der Waals surface area contributed by atoms with E-state index in [9.17, 15) is 0 Å². The van der Waals surface area contributed by atoms with Gasteiger partial charge in [-0.3, -0.25) is 0 Å². The van der Waals surface area contributed by atoms with Crippen LogP contribution in [0.3, 0.4) is 0 Å². The third kappa shape index (κ3) is 2.84. The Morgan fingerprint density at radius 3 is 2.73 bits per heavy atom. The molecule has 0 N–H and O–H groups in total. The van der Waals surface area contributed by atoms with Crippen LogP contribution in [0.1, 0.15) is 49.4 Å². The summed E-state index contributed by atoms with van der Waals surface area (Å²) in [5.41, 5.74) is 0. The van der Waals surface area contributed by atoms with Gasteiger partial charge in [0.15, 0.2) is 0 Å². The molecule has 116 valence electrons. The average molecular weight is 318 g/mol. The number of furan rings is 1. The third-order valence-electron chi connectivity index (χ3n) is 4.56. The smallest absolute Gasteiger partial charge is 0.134 e. The molecule has 2 fully saturated rings. The van der Waals surface area contributed by atoms with Crippen molar-refractivity contribution < 1.29 is 4.42 Å². The maximum atomic E-state index is 6.09. The van der Waals surface area contributed by atoms with E-state index in [1.165, 1.54) is 19.3 Å². The fourth-order valence-electron chi connectivity index (χ4n) is 3.01. The minimum absolute atomic E-state index is 0.500. The molecular formula is C17H20ClN3O. The number of aromatic nitrogens is 2. The van der Waals surface area contributed by atoms with Crippen LogP contribution >= 0.6 is 11.6 Å². The maximum Gasteiger partial charge on any atom is 0.134 e. The van der Waals surface area contributed by atoms with Crippen LogP contribution in [0.25, 0.3) is 0 Å². The fraction of sp³-hybridized carbons (Fsp3) is 0.529. The lowest BCUT2D eigenvalue weighted by molar-refractivity contribution is 0.456. The first-order chi connectivity index (χ1) is 10.6. The molecule has 2 aromatic heterocycles. The molecule has 0 amide bonds. The van der Waals surface area contributed by atoms with Crippen LogP contribution in [0.15, 0.2) is 22.6 Å². The highest BCUT2D eigenvalue weighted by Crippen LogP contribution is 2.47. The largest absolute Gasteiger partial charge is 0.464 e. The number of rotatable bonds is 5. The minimum Gasteiger partial charge on any atom is -0.464 e. The lowest BCUT2D eigenvalue weighted by Crippen LogP contribution is -2.26. The van der Waals surface area contributed by atoms with Crippen molar-refractivity contribution in [3.63, 3.8) is 0 Å². The summed E-state index contributed by atoms with van der Waals surface area (Å²) in [5, 5.41) is 0.500. The van der Waals surface area contributed by atoms with E-state index >= 15 is 0 Å². The normalized spacial score (nSPS) is 23.6. The van der Waals surface area contributed by atoms with Gasteiger partial charge >= 0.3 is 0 Å². The first-order valence-electron chi connectivity index (χ1n) is 7.96. The summed E-state index contributed by atoms with van der Waals surface area (Å²) in [7, 11) is 0. The second-order valence-electron chi connectivity index (χ2n) is 6.58. The van der Waals surface area contributed by atoms with Gasteiger partial charge in [-0.25, -0.2) is 9.97 Å². The molecule has 0 aromatic carbocycles. The molecule has 2 atom stereocenters. The molecule has 0 bridgehead atoms. The van der Waals surface area contributed by atoms with E-state index in [1.54, 1.807) is 0 Å². The lowest BCUT2D eigenvalue weighted by atomic mass is 10.3. The second-order valence-corrected chi connectivity index (χ2v) is 6.97. The van der Waals surface area contributed by atoms with Gasteiger partial charge in [0.2, 0.25) is 0 Å². The number of aryl methyl sites for hydroxylation is 1. The molecule has 0 aliphatic heterocycles. The van der Waals surface area contributed by atoms with Crippen LogP contribution in [0.5, 0.6) is 0 Å². The first kappa shape index (κ1) is 14.1. The van der Waals surface area contributed by atoms with Gasteiger partial charge in [-0.1, -0.05) is 18.5 Å². The molecule has 2 heterocycles. The Hall–Kier alpha value is -1.55. The van der Waals surface area contributed by atoms with Gasteiger partial charge in [0, 0.05) is 18.0 Å². The van der Waals surface area contributed by atoms with E-state index in [1.807, 2.05) is 13.0 Å². The summed E-state index contributed by atoms with van der Waals surface area (Å²) in [5.74, 6) is 5.14. The van der Waals surface area contributed by atoms with Gasteiger partial charge in [-0.2, -0.15) is 0 Å². The summed E-state index contributed by atoms with van der Waals surface area (Å²) < 4.78 is 6.05. The number of hydrogen-bond acceptors (Lipinski definition) is 4. The zero-order chi connectivity index (χ0) is 15.3. The number of halogens is 1. The van der Waals surface area contributed by atoms with Crippen molar-refractivity contribution >= 4 is 17.4 Å². The molecular weight excluding hydrogens is 298 g/mol. The van der Waals surface area contributed by atoms with E-state index in [-0.39, 0.29) is 0 Å². The van der Waals surface area contributed by atoms with Crippen LogP contribution in [-0.2, 0) is 6.54 Å². The highest BCUT2D eigenvalue weighted by Gasteiger charge is 2.37. The maximum absolute atomic E-state index is 6.09. The Morgan fingerprint density at radius 2 is 2.09 bits per heavy atom. The molecule has 5 heteroatoms. The predicted octanol–water partition coefficient (Wildman–Crippen LogP) is 4.32. The standard InChI is InChI=1S/C17H20ClN3O/c1-10-7-14(10)15-6-5-13(22-15)9-21(12-3-4-12)17-8-16(18)19-11(2)20-17/h5-6,8,10,12,14H,3-4,7,9H2,1-2H3/t10-,14+/m0/s1. The average Bonchev–Trinajstić information content (AvgIpc) is 3.37. The van der Waals surface area contributed by atoms with E-state index in [4.69, 9.17) is 16.0 Å². The highest BCUT2D eigenvalue weighted by molar-refractivity contribution is 6.29. The third-order valence-corrected chi connectivity index (χ3v) is 4.75. The number of anilines is 1. The van der Waals surface area contributed by atoms with Crippen LogP contribution in [0.2, 0.25) is 5.15 Å². The molecule has 0 radical (unpaired) electrons. The summed E-state index contributed by atoms with van der Waals surface area (Å²) in [4.78, 5) is 11.0. The summed E-state index contributed by atoms with van der Waals surface area (Å²) in [6.45, 7) is 4.90. The van der Waals surface area contributed by atoms with Gasteiger partial charge in [0.1, 0.15) is 28.3 Å². The van der Waals surface area contributed by atoms with Crippen LogP contribution in [-0.4, -0.2) is 16.0 Å². The SMILES string of the molecule is Cc1nc(Cl)cc(N(Cc2ccc([C@@H]3C[C@@H]3C)o2)C2CC2)n1. The Morgan fingerprint density at radius 1 is 1.32 bits per heavy atom. The molecule has 2 aliphatic rings. The van der Waals surface area contributed by atoms with E-state index in [0.29, 0.717) is 22.9 Å². The van der Waals surface area contributed by atoms with Crippen LogP contribution in [0, 0.1) is 12.8 Å². The minimum atomic E-state index is 0.500. The molecule has 2 saturated carbocycles. The molecule has 4 nitrogen and oxygen atoms in total. The molecule has 22 heavy (non-hydrogen) atoms. The highest BCUT2D eigenvalue weighted by atomic mass is 35.5. The fourth-order valence-corrected chi connectivity index (χ4v) is 3.23. The quantitative estimate of drug-likeness (QED) is 0.770. The second kappa shape index (κ2) is 5.27. The van der Waals surface area contributed by atoms with Gasteiger partial charge < -0.3 is 9.32 Å². The zero-order valence-electron chi connectivity index (χ0n) is 12.9. The van der Waals surface area contributed by atoms with Gasteiger partial charge in [0.25, 0.3) is 0 Å². The zero-order valence-corrected chi connectivity index (χ0v) is 13.7. The lowest BCUT2D eigenvalue weighted by Gasteiger charge is -2.22. The van der Waals surface area contributed by atoms with E-state index in [2.05, 4.69) is 33.9 Å². The van der Waals surface area contributed by atoms with E-state index in [0.717, 1.165) is 29.8 Å². The number of hydrogen-bond donors (Lipinski definition) is 0. The Balaban J connectivity index is 1.56. The monoisotopic (exact) mass is 317 g/mol. The van der Waals surface area contributed by atoms with Crippen molar-refractivity contribution in [2.24, 2.45) is 5.92 Å². The van der Waals surface area contributed by atoms with E-state index < -0.39 is 0 Å². The molecule has 0 spiro atoms. The van der Waals surface area contributed by atoms with Crippen LogP contribution in [0.4, 0.5) is 5.82 Å². The van der Waals surface area contributed by atoms with Crippen molar-refractivity contribution in [3.05, 3.63) is 40.7 Å². The number of nitrogens with zero attached hydrogens (tertiary/aromatic N) is 3. The van der Waals surface area contributed by atoms with Crippen molar-refractivity contribution in [2.75, 3.05) is 4.90 Å². The van der Waals surface area contributed by atoms with Gasteiger partial charge in [-0.15, -0.1) is 0 Å². The Labute approximate surface area is 135 Å². The van der Waals surface area contributed by atoms with Crippen LogP contribution < -0.4 is 4.90 Å². The predicted molar refractivity (Wildman–Crippen MR) is 86.2 cm³/mol. The van der Waals surface area contributed by atoms with Crippen molar-refractivity contribution in [2.45, 2.75) is 51.6 Å². The molecule has 2 aliphatic carbocycles. The molecule has 4 rings (SSSR count). The Kier molecular flexibility index (Phi) is 3.37. The summed E-state index contributed by atoms with van der Waals surface area (Å²) >= 11 is 6.09. The van der Waals surface area contributed by atoms with Crippen molar-refractivity contribution in [1.29, 1.82) is 0 Å².